The second kappa shape index (κ2) is 5.41. The molecule has 3 rings (SSSR count). The predicted octanol–water partition coefficient (Wildman–Crippen LogP) is 3.65. The van der Waals surface area contributed by atoms with Crippen LogP contribution >= 0.6 is 11.6 Å². The maximum atomic E-state index is 12.0. The molecule has 0 bridgehead atoms. The third-order valence-corrected chi connectivity index (χ3v) is 4.31. The molecule has 104 valence electrons. The van der Waals surface area contributed by atoms with Crippen molar-refractivity contribution in [1.82, 2.24) is 9.88 Å². The van der Waals surface area contributed by atoms with Crippen molar-refractivity contribution < 1.29 is 4.79 Å². The lowest BCUT2D eigenvalue weighted by atomic mass is 10.1. The summed E-state index contributed by atoms with van der Waals surface area (Å²) >= 11 is 6.25. The van der Waals surface area contributed by atoms with Gasteiger partial charge in [0.25, 0.3) is 0 Å². The van der Waals surface area contributed by atoms with E-state index in [2.05, 4.69) is 11.9 Å². The summed E-state index contributed by atoms with van der Waals surface area (Å²) < 4.78 is 0. The van der Waals surface area contributed by atoms with E-state index in [1.54, 1.807) is 0 Å². The Hall–Kier alpha value is -1.61. The number of aromatic nitrogens is 1. The second-order valence-electron chi connectivity index (χ2n) is 5.38. The van der Waals surface area contributed by atoms with Gasteiger partial charge in [0.05, 0.1) is 5.52 Å². The van der Waals surface area contributed by atoms with Gasteiger partial charge in [-0.1, -0.05) is 43.1 Å². The highest BCUT2D eigenvalue weighted by Gasteiger charge is 2.28. The average Bonchev–Trinajstić information content (AvgIpc) is 2.80. The van der Waals surface area contributed by atoms with Crippen LogP contribution in [0.25, 0.3) is 10.9 Å². The van der Waals surface area contributed by atoms with Crippen LogP contribution in [0.5, 0.6) is 0 Å². The van der Waals surface area contributed by atoms with Crippen LogP contribution in [0.15, 0.2) is 30.3 Å². The number of carbonyl (C=O) groups excluding carboxylic acids is 1. The Morgan fingerprint density at radius 2 is 2.20 bits per heavy atom. The lowest BCUT2D eigenvalue weighted by Gasteiger charge is -2.17. The normalized spacial score (nSPS) is 19.0. The molecule has 2 heterocycles. The number of pyridine rings is 1. The molecule has 2 aromatic rings. The molecule has 1 aliphatic heterocycles. The summed E-state index contributed by atoms with van der Waals surface area (Å²) in [7, 11) is 0. The first-order valence-corrected chi connectivity index (χ1v) is 7.37. The summed E-state index contributed by atoms with van der Waals surface area (Å²) in [6, 6.07) is 9.93. The largest absolute Gasteiger partial charge is 0.338 e. The van der Waals surface area contributed by atoms with Crippen LogP contribution < -0.4 is 0 Å². The van der Waals surface area contributed by atoms with Gasteiger partial charge in [-0.05, 0) is 18.1 Å². The van der Waals surface area contributed by atoms with Crippen LogP contribution in [0, 0.1) is 5.92 Å². The van der Waals surface area contributed by atoms with Gasteiger partial charge in [0.1, 0.15) is 5.15 Å². The number of amides is 1. The molecule has 4 heteroatoms. The fourth-order valence-electron chi connectivity index (χ4n) is 2.73. The lowest BCUT2D eigenvalue weighted by Crippen LogP contribution is -2.24. The van der Waals surface area contributed by atoms with Gasteiger partial charge in [-0.2, -0.15) is 0 Å². The van der Waals surface area contributed by atoms with E-state index in [1.165, 1.54) is 0 Å². The SMILES string of the molecule is CCC1CC(=O)N(Cc2cc3ccccc3nc2Cl)C1. The van der Waals surface area contributed by atoms with Crippen LogP contribution in [0.3, 0.4) is 0 Å². The Labute approximate surface area is 123 Å². The van der Waals surface area contributed by atoms with Gasteiger partial charge < -0.3 is 4.90 Å². The highest BCUT2D eigenvalue weighted by molar-refractivity contribution is 6.30. The number of halogens is 1. The smallest absolute Gasteiger partial charge is 0.223 e. The number of hydrogen-bond donors (Lipinski definition) is 0. The minimum atomic E-state index is 0.223. The summed E-state index contributed by atoms with van der Waals surface area (Å²) in [6.07, 6.45) is 1.71. The van der Waals surface area contributed by atoms with Gasteiger partial charge in [0.2, 0.25) is 5.91 Å². The molecule has 1 saturated heterocycles. The topological polar surface area (TPSA) is 33.2 Å². The quantitative estimate of drug-likeness (QED) is 0.808. The second-order valence-corrected chi connectivity index (χ2v) is 5.74. The summed E-state index contributed by atoms with van der Waals surface area (Å²) in [5, 5.41) is 1.56. The molecule has 0 spiro atoms. The number of nitrogens with zero attached hydrogens (tertiary/aromatic N) is 2. The first kappa shape index (κ1) is 13.4. The Bertz CT molecular complexity index is 656. The van der Waals surface area contributed by atoms with E-state index in [9.17, 15) is 4.79 Å². The summed E-state index contributed by atoms with van der Waals surface area (Å²) in [4.78, 5) is 18.3. The minimum absolute atomic E-state index is 0.223. The van der Waals surface area contributed by atoms with Crippen LogP contribution in [-0.2, 0) is 11.3 Å². The number of hydrogen-bond acceptors (Lipinski definition) is 2. The molecule has 1 fully saturated rings. The highest BCUT2D eigenvalue weighted by atomic mass is 35.5. The van der Waals surface area contributed by atoms with E-state index in [0.717, 1.165) is 29.4 Å². The summed E-state index contributed by atoms with van der Waals surface area (Å²) in [5.74, 6) is 0.704. The first-order chi connectivity index (χ1) is 9.67. The van der Waals surface area contributed by atoms with E-state index < -0.39 is 0 Å². The summed E-state index contributed by atoms with van der Waals surface area (Å²) in [6.45, 7) is 3.52. The molecule has 3 nitrogen and oxygen atoms in total. The average molecular weight is 289 g/mol. The Morgan fingerprint density at radius 1 is 1.40 bits per heavy atom. The molecule has 0 saturated carbocycles. The van der Waals surface area contributed by atoms with E-state index in [-0.39, 0.29) is 5.91 Å². The fraction of sp³-hybridized carbons (Fsp3) is 0.375. The zero-order chi connectivity index (χ0) is 14.1. The monoisotopic (exact) mass is 288 g/mol. The van der Waals surface area contributed by atoms with Crippen LogP contribution in [0.2, 0.25) is 5.15 Å². The van der Waals surface area contributed by atoms with Crippen molar-refractivity contribution in [2.24, 2.45) is 5.92 Å². The molecule has 1 aromatic heterocycles. The number of carbonyl (C=O) groups is 1. The van der Waals surface area contributed by atoms with Gasteiger partial charge in [0, 0.05) is 30.5 Å². The zero-order valence-electron chi connectivity index (χ0n) is 11.5. The van der Waals surface area contributed by atoms with Crippen LogP contribution in [0.1, 0.15) is 25.3 Å². The Morgan fingerprint density at radius 3 is 2.95 bits per heavy atom. The predicted molar refractivity (Wildman–Crippen MR) is 80.6 cm³/mol. The number of benzene rings is 1. The zero-order valence-corrected chi connectivity index (χ0v) is 12.2. The van der Waals surface area contributed by atoms with Gasteiger partial charge in [-0.25, -0.2) is 4.98 Å². The van der Waals surface area contributed by atoms with E-state index in [4.69, 9.17) is 11.6 Å². The van der Waals surface area contributed by atoms with E-state index in [1.807, 2.05) is 35.2 Å². The van der Waals surface area contributed by atoms with Crippen molar-refractivity contribution in [2.45, 2.75) is 26.3 Å². The van der Waals surface area contributed by atoms with Crippen molar-refractivity contribution in [2.75, 3.05) is 6.54 Å². The number of para-hydroxylation sites is 1. The van der Waals surface area contributed by atoms with Gasteiger partial charge in [0.15, 0.2) is 0 Å². The standard InChI is InChI=1S/C16H17ClN2O/c1-2-11-7-15(20)19(9-11)10-13-8-12-5-3-4-6-14(12)18-16(13)17/h3-6,8,11H,2,7,9-10H2,1H3. The van der Waals surface area contributed by atoms with Gasteiger partial charge in [-0.3, -0.25) is 4.79 Å². The Balaban J connectivity index is 1.87. The third-order valence-electron chi connectivity index (χ3n) is 3.98. The Kier molecular flexibility index (Phi) is 3.62. The van der Waals surface area contributed by atoms with E-state index in [0.29, 0.717) is 24.0 Å². The first-order valence-electron chi connectivity index (χ1n) is 6.99. The highest BCUT2D eigenvalue weighted by Crippen LogP contribution is 2.26. The lowest BCUT2D eigenvalue weighted by molar-refractivity contribution is -0.128. The van der Waals surface area contributed by atoms with Crippen molar-refractivity contribution in [3.05, 3.63) is 41.0 Å². The molecule has 20 heavy (non-hydrogen) atoms. The molecular formula is C16H17ClN2O. The maximum absolute atomic E-state index is 12.0. The molecule has 1 aromatic carbocycles. The van der Waals surface area contributed by atoms with Crippen molar-refractivity contribution in [3.63, 3.8) is 0 Å². The molecule has 1 unspecified atom stereocenters. The molecule has 1 atom stereocenters. The fourth-order valence-corrected chi connectivity index (χ4v) is 2.94. The van der Waals surface area contributed by atoms with Gasteiger partial charge >= 0.3 is 0 Å². The molecular weight excluding hydrogens is 272 g/mol. The molecule has 1 amide bonds. The van der Waals surface area contributed by atoms with E-state index >= 15 is 0 Å². The van der Waals surface area contributed by atoms with Crippen LogP contribution in [0.4, 0.5) is 0 Å². The van der Waals surface area contributed by atoms with Gasteiger partial charge in [-0.15, -0.1) is 0 Å². The van der Waals surface area contributed by atoms with Crippen molar-refractivity contribution in [3.8, 4) is 0 Å². The van der Waals surface area contributed by atoms with Crippen molar-refractivity contribution in [1.29, 1.82) is 0 Å². The number of likely N-dealkylation sites (tertiary alicyclic amines) is 1. The summed E-state index contributed by atoms with van der Waals surface area (Å²) in [5.41, 5.74) is 1.82. The van der Waals surface area contributed by atoms with Crippen molar-refractivity contribution >= 4 is 28.4 Å². The molecule has 0 aliphatic carbocycles. The third kappa shape index (κ3) is 2.50. The number of rotatable bonds is 3. The maximum Gasteiger partial charge on any atom is 0.223 e. The molecule has 0 N–H and O–H groups in total. The minimum Gasteiger partial charge on any atom is -0.338 e. The van der Waals surface area contributed by atoms with Crippen LogP contribution in [-0.4, -0.2) is 22.3 Å². The molecule has 1 aliphatic rings. The molecule has 0 radical (unpaired) electrons. The number of fused-ring (bicyclic) bond motifs is 1.